The molecule has 0 aliphatic heterocycles. The van der Waals surface area contributed by atoms with Gasteiger partial charge >= 0.3 is 0 Å². The van der Waals surface area contributed by atoms with Gasteiger partial charge in [0.25, 0.3) is 5.91 Å². The summed E-state index contributed by atoms with van der Waals surface area (Å²) >= 11 is 0. The van der Waals surface area contributed by atoms with Crippen molar-refractivity contribution in [3.05, 3.63) is 47.5 Å². The van der Waals surface area contributed by atoms with Crippen molar-refractivity contribution in [1.29, 1.82) is 0 Å². The minimum absolute atomic E-state index is 0.211. The van der Waals surface area contributed by atoms with Crippen molar-refractivity contribution in [2.24, 2.45) is 5.84 Å². The zero-order valence-electron chi connectivity index (χ0n) is 10.4. The van der Waals surface area contributed by atoms with Crippen LogP contribution in [0.5, 0.6) is 0 Å². The third-order valence-corrected chi connectivity index (χ3v) is 2.37. The summed E-state index contributed by atoms with van der Waals surface area (Å²) in [6.45, 7) is 2.10. The first kappa shape index (κ1) is 12.9. The van der Waals surface area contributed by atoms with Crippen molar-refractivity contribution in [2.75, 3.05) is 5.43 Å². The van der Waals surface area contributed by atoms with E-state index in [2.05, 4.69) is 25.7 Å². The fourth-order valence-corrected chi connectivity index (χ4v) is 1.51. The molecular formula is C12H14N6O. The number of nitrogens with two attached hydrogens (primary N) is 1. The topological polar surface area (TPSA) is 106 Å². The van der Waals surface area contributed by atoms with Gasteiger partial charge in [0.05, 0.1) is 12.2 Å². The first-order valence-corrected chi connectivity index (χ1v) is 5.69. The number of rotatable bonds is 4. The highest BCUT2D eigenvalue weighted by Crippen LogP contribution is 2.04. The van der Waals surface area contributed by atoms with Gasteiger partial charge in [-0.25, -0.2) is 15.8 Å². The minimum atomic E-state index is -0.298. The summed E-state index contributed by atoms with van der Waals surface area (Å²) in [5.41, 5.74) is 4.02. The van der Waals surface area contributed by atoms with Crippen molar-refractivity contribution >= 4 is 11.9 Å². The molecule has 0 spiro atoms. The fourth-order valence-electron chi connectivity index (χ4n) is 1.51. The van der Waals surface area contributed by atoms with Crippen molar-refractivity contribution in [3.63, 3.8) is 0 Å². The number of hydrogen-bond acceptors (Lipinski definition) is 6. The molecule has 7 heteroatoms. The lowest BCUT2D eigenvalue weighted by molar-refractivity contribution is 0.0945. The Kier molecular flexibility index (Phi) is 3.99. The van der Waals surface area contributed by atoms with Crippen LogP contribution in [0.4, 0.5) is 5.95 Å². The number of carbonyl (C=O) groups is 1. The largest absolute Gasteiger partial charge is 0.345 e. The molecule has 0 saturated carbocycles. The Morgan fingerprint density at radius 1 is 1.37 bits per heavy atom. The normalized spacial score (nSPS) is 10.0. The molecule has 0 aromatic carbocycles. The summed E-state index contributed by atoms with van der Waals surface area (Å²) in [7, 11) is 0. The fraction of sp³-hybridized carbons (Fsp3) is 0.167. The molecule has 0 fully saturated rings. The predicted molar refractivity (Wildman–Crippen MR) is 70.0 cm³/mol. The lowest BCUT2D eigenvalue weighted by Crippen LogP contribution is -2.25. The molecule has 1 amide bonds. The molecule has 0 unspecified atom stereocenters. The van der Waals surface area contributed by atoms with Crippen LogP contribution in [0.1, 0.15) is 21.9 Å². The zero-order chi connectivity index (χ0) is 13.7. The number of nitrogens with one attached hydrogen (secondary N) is 2. The molecule has 2 aromatic heterocycles. The standard InChI is InChI=1S/C12H14N6O/c1-8-6-10(17-12(16-8)18-13)11(19)15-7-9-4-2-3-5-14-9/h2-6H,7,13H2,1H3,(H,15,19)(H,16,17,18). The summed E-state index contributed by atoms with van der Waals surface area (Å²) in [4.78, 5) is 24.1. The lowest BCUT2D eigenvalue weighted by atomic mass is 10.3. The summed E-state index contributed by atoms with van der Waals surface area (Å²) in [6.07, 6.45) is 1.67. The quantitative estimate of drug-likeness (QED) is 0.541. The second-order valence-corrected chi connectivity index (χ2v) is 3.87. The number of nitrogen functional groups attached to an aromatic ring is 1. The molecule has 7 nitrogen and oxygen atoms in total. The van der Waals surface area contributed by atoms with Gasteiger partial charge in [0.1, 0.15) is 5.69 Å². The lowest BCUT2D eigenvalue weighted by Gasteiger charge is -2.06. The Morgan fingerprint density at radius 2 is 2.21 bits per heavy atom. The molecule has 0 aliphatic carbocycles. The van der Waals surface area contributed by atoms with Gasteiger partial charge in [0.15, 0.2) is 0 Å². The second kappa shape index (κ2) is 5.87. The highest BCUT2D eigenvalue weighted by atomic mass is 16.1. The van der Waals surface area contributed by atoms with Gasteiger partial charge in [0, 0.05) is 11.9 Å². The van der Waals surface area contributed by atoms with E-state index in [0.29, 0.717) is 12.2 Å². The smallest absolute Gasteiger partial charge is 0.270 e. The van der Waals surface area contributed by atoms with Crippen molar-refractivity contribution in [3.8, 4) is 0 Å². The highest BCUT2D eigenvalue weighted by molar-refractivity contribution is 5.92. The Morgan fingerprint density at radius 3 is 2.89 bits per heavy atom. The van der Waals surface area contributed by atoms with Crippen LogP contribution < -0.4 is 16.6 Å². The third kappa shape index (κ3) is 3.46. The average Bonchev–Trinajstić information content (AvgIpc) is 2.45. The highest BCUT2D eigenvalue weighted by Gasteiger charge is 2.10. The van der Waals surface area contributed by atoms with Crippen LogP contribution in [0.15, 0.2) is 30.5 Å². The molecule has 2 rings (SSSR count). The number of aromatic nitrogens is 3. The molecule has 0 bridgehead atoms. The third-order valence-electron chi connectivity index (χ3n) is 2.37. The van der Waals surface area contributed by atoms with E-state index in [1.807, 2.05) is 18.2 Å². The molecule has 2 aromatic rings. The summed E-state index contributed by atoms with van der Waals surface area (Å²) < 4.78 is 0. The maximum absolute atomic E-state index is 11.9. The SMILES string of the molecule is Cc1cc(C(=O)NCc2ccccn2)nc(NN)n1. The number of nitrogens with zero attached hydrogens (tertiary/aromatic N) is 3. The molecule has 0 radical (unpaired) electrons. The van der Waals surface area contributed by atoms with E-state index in [-0.39, 0.29) is 17.5 Å². The van der Waals surface area contributed by atoms with Gasteiger partial charge in [-0.05, 0) is 25.1 Å². The number of aryl methyl sites for hydroxylation is 1. The molecule has 2 heterocycles. The van der Waals surface area contributed by atoms with E-state index in [9.17, 15) is 4.79 Å². The molecule has 19 heavy (non-hydrogen) atoms. The van der Waals surface area contributed by atoms with Crippen molar-refractivity contribution in [1.82, 2.24) is 20.3 Å². The van der Waals surface area contributed by atoms with Gasteiger partial charge in [-0.1, -0.05) is 6.07 Å². The maximum Gasteiger partial charge on any atom is 0.270 e. The van der Waals surface area contributed by atoms with Gasteiger partial charge in [-0.3, -0.25) is 15.2 Å². The van der Waals surface area contributed by atoms with Crippen LogP contribution in [0.2, 0.25) is 0 Å². The van der Waals surface area contributed by atoms with E-state index >= 15 is 0 Å². The van der Waals surface area contributed by atoms with E-state index < -0.39 is 0 Å². The number of anilines is 1. The first-order valence-electron chi connectivity index (χ1n) is 5.69. The molecular weight excluding hydrogens is 244 g/mol. The van der Waals surface area contributed by atoms with Crippen LogP contribution in [0.3, 0.4) is 0 Å². The number of hydrogen-bond donors (Lipinski definition) is 3. The summed E-state index contributed by atoms with van der Waals surface area (Å²) in [5.74, 6) is 5.15. The van der Waals surface area contributed by atoms with Crippen molar-refractivity contribution < 1.29 is 4.79 Å². The molecule has 0 atom stereocenters. The van der Waals surface area contributed by atoms with Crippen LogP contribution in [0.25, 0.3) is 0 Å². The Bertz CT molecular complexity index is 572. The number of hydrazine groups is 1. The monoisotopic (exact) mass is 258 g/mol. The average molecular weight is 258 g/mol. The van der Waals surface area contributed by atoms with Gasteiger partial charge < -0.3 is 5.32 Å². The predicted octanol–water partition coefficient (Wildman–Crippen LogP) is 0.396. The van der Waals surface area contributed by atoms with E-state index in [1.165, 1.54) is 0 Å². The van der Waals surface area contributed by atoms with Crippen LogP contribution in [-0.4, -0.2) is 20.9 Å². The van der Waals surface area contributed by atoms with E-state index in [0.717, 1.165) is 5.69 Å². The first-order chi connectivity index (χ1) is 9.19. The Labute approximate surface area is 110 Å². The minimum Gasteiger partial charge on any atom is -0.345 e. The number of pyridine rings is 1. The van der Waals surface area contributed by atoms with Gasteiger partial charge in [0.2, 0.25) is 5.95 Å². The molecule has 0 saturated heterocycles. The zero-order valence-corrected chi connectivity index (χ0v) is 10.4. The number of amides is 1. The van der Waals surface area contributed by atoms with E-state index in [4.69, 9.17) is 5.84 Å². The number of carbonyl (C=O) groups excluding carboxylic acids is 1. The summed E-state index contributed by atoms with van der Waals surface area (Å²) in [5, 5.41) is 2.73. The molecule has 0 aliphatic rings. The maximum atomic E-state index is 11.9. The van der Waals surface area contributed by atoms with Crippen LogP contribution >= 0.6 is 0 Å². The Balaban J connectivity index is 2.06. The van der Waals surface area contributed by atoms with Crippen molar-refractivity contribution in [2.45, 2.75) is 13.5 Å². The summed E-state index contributed by atoms with van der Waals surface area (Å²) in [6, 6.07) is 7.10. The molecule has 4 N–H and O–H groups in total. The van der Waals surface area contributed by atoms with Crippen LogP contribution in [0, 0.1) is 6.92 Å². The Hall–Kier alpha value is -2.54. The second-order valence-electron chi connectivity index (χ2n) is 3.87. The van der Waals surface area contributed by atoms with Gasteiger partial charge in [-0.15, -0.1) is 0 Å². The van der Waals surface area contributed by atoms with Gasteiger partial charge in [-0.2, -0.15) is 0 Å². The molecule has 98 valence electrons. The van der Waals surface area contributed by atoms with Crippen LogP contribution in [-0.2, 0) is 6.54 Å². The van der Waals surface area contributed by atoms with E-state index in [1.54, 1.807) is 19.2 Å².